The van der Waals surface area contributed by atoms with E-state index in [2.05, 4.69) is 20.3 Å². The van der Waals surface area contributed by atoms with Crippen molar-refractivity contribution in [2.24, 2.45) is 7.05 Å². The molecule has 3 aromatic heterocycles. The second-order valence-electron chi connectivity index (χ2n) is 8.47. The fourth-order valence-corrected chi connectivity index (χ4v) is 4.24. The van der Waals surface area contributed by atoms with Gasteiger partial charge in [-0.25, -0.2) is 9.37 Å². The molecule has 2 N–H and O–H groups in total. The van der Waals surface area contributed by atoms with Crippen molar-refractivity contribution < 1.29 is 14.3 Å². The van der Waals surface area contributed by atoms with Gasteiger partial charge in [0.1, 0.15) is 17.2 Å². The van der Waals surface area contributed by atoms with Crippen molar-refractivity contribution in [3.63, 3.8) is 0 Å². The third-order valence-corrected chi connectivity index (χ3v) is 5.95. The number of hydrogen-bond donors (Lipinski definition) is 2. The van der Waals surface area contributed by atoms with Gasteiger partial charge < -0.3 is 14.8 Å². The molecule has 170 valence electrons. The summed E-state index contributed by atoms with van der Waals surface area (Å²) in [5.74, 6) is -0.551. The summed E-state index contributed by atoms with van der Waals surface area (Å²) in [6, 6.07) is 8.64. The molecule has 1 aliphatic heterocycles. The number of nitrogens with one attached hydrogen (secondary N) is 1. The van der Waals surface area contributed by atoms with Crippen molar-refractivity contribution in [3.05, 3.63) is 77.8 Å². The molecule has 1 aliphatic rings. The van der Waals surface area contributed by atoms with Crippen LogP contribution in [0.4, 0.5) is 4.39 Å². The third-order valence-electron chi connectivity index (χ3n) is 5.95. The fourth-order valence-electron chi connectivity index (χ4n) is 4.24. The van der Waals surface area contributed by atoms with Crippen molar-refractivity contribution in [1.82, 2.24) is 29.4 Å². The van der Waals surface area contributed by atoms with Crippen molar-refractivity contribution in [3.8, 4) is 11.1 Å². The summed E-state index contributed by atoms with van der Waals surface area (Å²) in [7, 11) is 1.86. The van der Waals surface area contributed by atoms with Gasteiger partial charge in [0.15, 0.2) is 0 Å². The number of nitrogens with zero attached hydrogens (tertiary/aromatic N) is 5. The van der Waals surface area contributed by atoms with E-state index < -0.39 is 6.10 Å². The van der Waals surface area contributed by atoms with Crippen LogP contribution < -0.4 is 5.32 Å². The minimum absolute atomic E-state index is 0.125. The lowest BCUT2D eigenvalue weighted by Gasteiger charge is -2.30. The molecule has 0 unspecified atom stereocenters. The smallest absolute Gasteiger partial charge is 0.271 e. The molecule has 33 heavy (non-hydrogen) atoms. The van der Waals surface area contributed by atoms with Crippen LogP contribution in [0.25, 0.3) is 16.8 Å². The van der Waals surface area contributed by atoms with Crippen LogP contribution in [0.5, 0.6) is 0 Å². The van der Waals surface area contributed by atoms with E-state index >= 15 is 0 Å². The minimum atomic E-state index is -0.717. The number of halogens is 1. The predicted octanol–water partition coefficient (Wildman–Crippen LogP) is 2.02. The average Bonchev–Trinajstić information content (AvgIpc) is 3.43. The maximum Gasteiger partial charge on any atom is 0.271 e. The van der Waals surface area contributed by atoms with Gasteiger partial charge >= 0.3 is 0 Å². The number of carbonyl (C=O) groups excluding carboxylic acids is 1. The first-order chi connectivity index (χ1) is 15.9. The summed E-state index contributed by atoms with van der Waals surface area (Å²) < 4.78 is 16.9. The highest BCUT2D eigenvalue weighted by Crippen LogP contribution is 2.21. The molecule has 4 aromatic rings. The number of aryl methyl sites for hydroxylation is 1. The number of aromatic nitrogens is 4. The van der Waals surface area contributed by atoms with E-state index in [4.69, 9.17) is 0 Å². The van der Waals surface area contributed by atoms with E-state index in [1.165, 1.54) is 6.07 Å². The quantitative estimate of drug-likeness (QED) is 0.471. The van der Waals surface area contributed by atoms with Crippen LogP contribution in [0.2, 0.25) is 0 Å². The number of aliphatic hydroxyl groups is 1. The number of fused-ring (bicyclic) bond motifs is 2. The number of rotatable bonds is 6. The van der Waals surface area contributed by atoms with E-state index in [0.717, 1.165) is 35.2 Å². The molecule has 0 bridgehead atoms. The number of amides is 1. The first-order valence-corrected chi connectivity index (χ1v) is 10.9. The summed E-state index contributed by atoms with van der Waals surface area (Å²) in [5.41, 5.74) is 5.01. The van der Waals surface area contributed by atoms with Crippen molar-refractivity contribution in [2.45, 2.75) is 19.1 Å². The summed E-state index contributed by atoms with van der Waals surface area (Å²) in [6.07, 6.45) is 7.32. The molecular weight excluding hydrogens is 423 g/mol. The Morgan fingerprint density at radius 3 is 2.88 bits per heavy atom. The normalized spacial score (nSPS) is 14.9. The average molecular weight is 449 g/mol. The van der Waals surface area contributed by atoms with Crippen molar-refractivity contribution in [2.75, 3.05) is 19.6 Å². The largest absolute Gasteiger partial charge is 0.390 e. The van der Waals surface area contributed by atoms with Crippen molar-refractivity contribution in [1.29, 1.82) is 0 Å². The SMILES string of the molecule is Cn1cc(-c2ccc3nc(C(=O)NC[C@H](O)CN4CCc5cc(F)ccc5C4)cn3c2)cn1. The number of imidazole rings is 1. The number of carbonyl (C=O) groups is 1. The fraction of sp³-hybridized carbons (Fsp3) is 0.292. The van der Waals surface area contributed by atoms with Gasteiger partial charge in [0.25, 0.3) is 5.91 Å². The Morgan fingerprint density at radius 1 is 1.18 bits per heavy atom. The Balaban J connectivity index is 1.18. The number of pyridine rings is 1. The lowest BCUT2D eigenvalue weighted by molar-refractivity contribution is 0.0838. The topological polar surface area (TPSA) is 87.7 Å². The zero-order valence-corrected chi connectivity index (χ0v) is 18.3. The Bertz CT molecular complexity index is 1310. The second kappa shape index (κ2) is 8.76. The number of hydrogen-bond acceptors (Lipinski definition) is 5. The van der Waals surface area contributed by atoms with Gasteiger partial charge in [-0.1, -0.05) is 6.07 Å². The van der Waals surface area contributed by atoms with Crippen molar-refractivity contribution >= 4 is 11.6 Å². The lowest BCUT2D eigenvalue weighted by atomic mass is 9.99. The van der Waals surface area contributed by atoms with Gasteiger partial charge in [-0.15, -0.1) is 0 Å². The standard InChI is InChI=1S/C24H25FN6O2/c1-29-11-19(9-27-29)18-3-5-23-28-22(15-31(23)13-18)24(33)26-10-21(32)14-30-7-6-16-8-20(25)4-2-17(16)12-30/h2-5,8-9,11,13,15,21,32H,6-7,10,12,14H2,1H3,(H,26,33)/t21-/m0/s1. The highest BCUT2D eigenvalue weighted by Gasteiger charge is 2.20. The Morgan fingerprint density at radius 2 is 2.06 bits per heavy atom. The molecule has 1 aromatic carbocycles. The summed E-state index contributed by atoms with van der Waals surface area (Å²) in [6.45, 7) is 1.95. The van der Waals surface area contributed by atoms with Gasteiger partial charge in [0.05, 0.1) is 12.3 Å². The molecule has 1 amide bonds. The Labute approximate surface area is 190 Å². The molecule has 0 fully saturated rings. The van der Waals surface area contributed by atoms with Gasteiger partial charge in [-0.3, -0.25) is 14.4 Å². The van der Waals surface area contributed by atoms with Crippen LogP contribution in [0.1, 0.15) is 21.6 Å². The highest BCUT2D eigenvalue weighted by atomic mass is 19.1. The second-order valence-corrected chi connectivity index (χ2v) is 8.47. The number of β-amino-alcohol motifs (C(OH)–C–C–N with tert-alkyl or cyclic N) is 1. The zero-order valence-electron chi connectivity index (χ0n) is 18.3. The van der Waals surface area contributed by atoms with Gasteiger partial charge in [-0.2, -0.15) is 5.10 Å². The molecule has 0 saturated carbocycles. The monoisotopic (exact) mass is 448 g/mol. The first-order valence-electron chi connectivity index (χ1n) is 10.9. The van der Waals surface area contributed by atoms with Gasteiger partial charge in [-0.05, 0) is 41.8 Å². The lowest BCUT2D eigenvalue weighted by Crippen LogP contribution is -2.42. The highest BCUT2D eigenvalue weighted by molar-refractivity contribution is 5.92. The van der Waals surface area contributed by atoms with E-state index in [1.54, 1.807) is 29.2 Å². The van der Waals surface area contributed by atoms with Gasteiger partial charge in [0.2, 0.25) is 0 Å². The van der Waals surface area contributed by atoms with Crippen LogP contribution in [-0.2, 0) is 20.0 Å². The molecule has 5 rings (SSSR count). The zero-order chi connectivity index (χ0) is 22.9. The first kappa shape index (κ1) is 21.3. The molecule has 0 aliphatic carbocycles. The van der Waals surface area contributed by atoms with Crippen LogP contribution in [0.15, 0.2) is 55.1 Å². The molecule has 0 spiro atoms. The van der Waals surface area contributed by atoms with E-state index in [1.807, 2.05) is 36.0 Å². The number of aliphatic hydroxyl groups excluding tert-OH is 1. The molecule has 0 radical (unpaired) electrons. The summed E-state index contributed by atoms with van der Waals surface area (Å²) in [5, 5.41) is 17.4. The van der Waals surface area contributed by atoms with Crippen LogP contribution in [-0.4, -0.2) is 60.8 Å². The summed E-state index contributed by atoms with van der Waals surface area (Å²) in [4.78, 5) is 19.1. The minimum Gasteiger partial charge on any atom is -0.390 e. The van der Waals surface area contributed by atoms with Crippen LogP contribution >= 0.6 is 0 Å². The maximum absolute atomic E-state index is 13.4. The molecule has 8 nitrogen and oxygen atoms in total. The molecule has 9 heteroatoms. The predicted molar refractivity (Wildman–Crippen MR) is 121 cm³/mol. The van der Waals surface area contributed by atoms with Crippen LogP contribution in [0.3, 0.4) is 0 Å². The molecule has 0 saturated heterocycles. The Hall–Kier alpha value is -3.56. The van der Waals surface area contributed by atoms with Gasteiger partial charge in [0, 0.05) is 62.9 Å². The van der Waals surface area contributed by atoms with E-state index in [-0.39, 0.29) is 18.3 Å². The third kappa shape index (κ3) is 4.64. The molecular formula is C24H25FN6O2. The molecule has 4 heterocycles. The molecule has 1 atom stereocenters. The van der Waals surface area contributed by atoms with E-state index in [9.17, 15) is 14.3 Å². The summed E-state index contributed by atoms with van der Waals surface area (Å²) >= 11 is 0. The maximum atomic E-state index is 13.4. The Kier molecular flexibility index (Phi) is 5.65. The van der Waals surface area contributed by atoms with E-state index in [0.29, 0.717) is 24.4 Å². The van der Waals surface area contributed by atoms with Crippen LogP contribution in [0, 0.1) is 5.82 Å². The number of benzene rings is 1.